The number of fused-ring (bicyclic) bond motifs is 3. The van der Waals surface area contributed by atoms with Crippen molar-refractivity contribution in [1.29, 1.82) is 0 Å². The average Bonchev–Trinajstić information content (AvgIpc) is 3.19. The Morgan fingerprint density at radius 3 is 2.74 bits per heavy atom. The molecule has 180 valence electrons. The topological polar surface area (TPSA) is 61.4 Å². The van der Waals surface area contributed by atoms with Crippen LogP contribution in [0.3, 0.4) is 0 Å². The van der Waals surface area contributed by atoms with E-state index in [0.717, 1.165) is 72.4 Å². The predicted octanol–water partition coefficient (Wildman–Crippen LogP) is 5.74. The van der Waals surface area contributed by atoms with Crippen molar-refractivity contribution in [2.75, 3.05) is 36.4 Å². The fourth-order valence-corrected chi connectivity index (χ4v) is 6.53. The Kier molecular flexibility index (Phi) is 6.47. The van der Waals surface area contributed by atoms with Crippen LogP contribution in [0.25, 0.3) is 10.2 Å². The number of piperazine rings is 1. The third-order valence-electron chi connectivity index (χ3n) is 7.37. The van der Waals surface area contributed by atoms with Gasteiger partial charge in [-0.15, -0.1) is 11.3 Å². The number of nitrogens with zero attached hydrogens (tertiary/aromatic N) is 4. The molecule has 3 heterocycles. The molecule has 0 spiro atoms. The van der Waals surface area contributed by atoms with Crippen LogP contribution in [0.4, 0.5) is 16.3 Å². The molecule has 1 aliphatic carbocycles. The van der Waals surface area contributed by atoms with Gasteiger partial charge in [-0.25, -0.2) is 14.8 Å². The summed E-state index contributed by atoms with van der Waals surface area (Å²) >= 11 is 1.88. The number of aromatic nitrogens is 2. The van der Waals surface area contributed by atoms with E-state index in [4.69, 9.17) is 9.97 Å². The summed E-state index contributed by atoms with van der Waals surface area (Å²) in [6, 6.07) is 6.02. The first-order chi connectivity index (χ1) is 16.4. The minimum Gasteiger partial charge on any atom is -0.352 e. The molecule has 34 heavy (non-hydrogen) atoms. The summed E-state index contributed by atoms with van der Waals surface area (Å²) in [6.45, 7) is 11.6. The third-order valence-corrected chi connectivity index (χ3v) is 8.52. The lowest BCUT2D eigenvalue weighted by Gasteiger charge is -2.36. The standard InChI is InChI=1S/C27H35N5OS/c1-5-7-23-29-25(24-20-11-10-17(2)16-22(20)34-26(24)30-23)31-12-14-32(15-13-31)27(33)28-21-9-6-8-18(3)19(21)4/h6,8-9,17H,5,7,10-16H2,1-4H3,(H,28,33)/t17-/m0/s1. The Bertz CT molecular complexity index is 1210. The minimum atomic E-state index is -0.0187. The van der Waals surface area contributed by atoms with E-state index < -0.39 is 0 Å². The number of carbonyl (C=O) groups excluding carboxylic acids is 1. The van der Waals surface area contributed by atoms with Gasteiger partial charge in [0.25, 0.3) is 0 Å². The van der Waals surface area contributed by atoms with Gasteiger partial charge in [-0.1, -0.05) is 26.0 Å². The van der Waals surface area contributed by atoms with Gasteiger partial charge in [0.1, 0.15) is 16.5 Å². The van der Waals surface area contributed by atoms with Gasteiger partial charge >= 0.3 is 6.03 Å². The number of nitrogens with one attached hydrogen (secondary N) is 1. The summed E-state index contributed by atoms with van der Waals surface area (Å²) in [7, 11) is 0. The van der Waals surface area contributed by atoms with E-state index in [1.807, 2.05) is 28.4 Å². The third kappa shape index (κ3) is 4.38. The molecule has 5 rings (SSSR count). The molecule has 1 atom stereocenters. The number of rotatable bonds is 4. The monoisotopic (exact) mass is 477 g/mol. The number of benzene rings is 1. The molecule has 0 saturated carbocycles. The molecule has 3 aromatic rings. The van der Waals surface area contributed by atoms with E-state index in [9.17, 15) is 4.79 Å². The summed E-state index contributed by atoms with van der Waals surface area (Å²) < 4.78 is 0. The molecule has 1 aromatic carbocycles. The van der Waals surface area contributed by atoms with Crippen LogP contribution in [0.5, 0.6) is 0 Å². The van der Waals surface area contributed by atoms with Gasteiger partial charge in [0, 0.05) is 43.2 Å². The smallest absolute Gasteiger partial charge is 0.321 e. The molecule has 2 aromatic heterocycles. The van der Waals surface area contributed by atoms with E-state index in [1.165, 1.54) is 27.8 Å². The highest BCUT2D eigenvalue weighted by Crippen LogP contribution is 2.41. The maximum absolute atomic E-state index is 13.0. The van der Waals surface area contributed by atoms with Crippen molar-refractivity contribution in [2.24, 2.45) is 5.92 Å². The molecule has 2 aliphatic rings. The molecule has 1 fully saturated rings. The number of thiophene rings is 1. The van der Waals surface area contributed by atoms with Crippen LogP contribution >= 0.6 is 11.3 Å². The zero-order chi connectivity index (χ0) is 23.8. The molecule has 0 unspecified atom stereocenters. The molecule has 6 nitrogen and oxygen atoms in total. The van der Waals surface area contributed by atoms with Gasteiger partial charge in [0.2, 0.25) is 0 Å². The highest BCUT2D eigenvalue weighted by atomic mass is 32.1. The molecule has 1 N–H and O–H groups in total. The van der Waals surface area contributed by atoms with Gasteiger partial charge in [0.05, 0.1) is 5.39 Å². The van der Waals surface area contributed by atoms with Gasteiger partial charge in [-0.3, -0.25) is 0 Å². The Hall–Kier alpha value is -2.67. The van der Waals surface area contributed by atoms with Crippen molar-refractivity contribution in [3.05, 3.63) is 45.6 Å². The largest absolute Gasteiger partial charge is 0.352 e. The SMILES string of the molecule is CCCc1nc(N2CCN(C(=O)Nc3cccc(C)c3C)CC2)c2c3c(sc2n1)C[C@@H](C)CC3. The van der Waals surface area contributed by atoms with Crippen molar-refractivity contribution in [3.63, 3.8) is 0 Å². The van der Waals surface area contributed by atoms with Crippen LogP contribution in [-0.4, -0.2) is 47.1 Å². The lowest BCUT2D eigenvalue weighted by Crippen LogP contribution is -2.50. The van der Waals surface area contributed by atoms with Crippen LogP contribution < -0.4 is 10.2 Å². The average molecular weight is 478 g/mol. The predicted molar refractivity (Wildman–Crippen MR) is 141 cm³/mol. The summed E-state index contributed by atoms with van der Waals surface area (Å²) in [5.74, 6) is 2.79. The molecule has 7 heteroatoms. The first kappa shape index (κ1) is 23.1. The van der Waals surface area contributed by atoms with E-state index in [-0.39, 0.29) is 6.03 Å². The summed E-state index contributed by atoms with van der Waals surface area (Å²) in [4.78, 5) is 30.0. The van der Waals surface area contributed by atoms with E-state index >= 15 is 0 Å². The summed E-state index contributed by atoms with van der Waals surface area (Å²) in [6.07, 6.45) is 5.46. The van der Waals surface area contributed by atoms with Gasteiger partial charge < -0.3 is 15.1 Å². The van der Waals surface area contributed by atoms with E-state index in [2.05, 4.69) is 44.0 Å². The maximum Gasteiger partial charge on any atom is 0.321 e. The van der Waals surface area contributed by atoms with Crippen molar-refractivity contribution in [3.8, 4) is 0 Å². The van der Waals surface area contributed by atoms with Crippen molar-refractivity contribution >= 4 is 39.1 Å². The molecule has 2 amide bonds. The summed E-state index contributed by atoms with van der Waals surface area (Å²) in [5.41, 5.74) is 4.68. The van der Waals surface area contributed by atoms with Gasteiger partial charge in [0.15, 0.2) is 0 Å². The number of hydrogen-bond acceptors (Lipinski definition) is 5. The summed E-state index contributed by atoms with van der Waals surface area (Å²) in [5, 5.41) is 4.39. The number of urea groups is 1. The van der Waals surface area contributed by atoms with E-state index in [0.29, 0.717) is 13.1 Å². The minimum absolute atomic E-state index is 0.0187. The highest BCUT2D eigenvalue weighted by Gasteiger charge is 2.28. The number of carbonyl (C=O) groups is 1. The maximum atomic E-state index is 13.0. The number of anilines is 2. The molecular weight excluding hydrogens is 442 g/mol. The molecular formula is C27H35N5OS. The zero-order valence-electron chi connectivity index (χ0n) is 20.8. The first-order valence-electron chi connectivity index (χ1n) is 12.6. The van der Waals surface area contributed by atoms with Gasteiger partial charge in [-0.2, -0.15) is 0 Å². The van der Waals surface area contributed by atoms with Crippen LogP contribution in [0.15, 0.2) is 18.2 Å². The van der Waals surface area contributed by atoms with Crippen molar-refractivity contribution < 1.29 is 4.79 Å². The van der Waals surface area contributed by atoms with Gasteiger partial charge in [-0.05, 0) is 68.2 Å². The van der Waals surface area contributed by atoms with Crippen molar-refractivity contribution in [2.45, 2.75) is 59.8 Å². The highest BCUT2D eigenvalue weighted by molar-refractivity contribution is 7.19. The lowest BCUT2D eigenvalue weighted by atomic mass is 9.89. The fourth-order valence-electron chi connectivity index (χ4n) is 5.13. The second-order valence-corrected chi connectivity index (χ2v) is 11.0. The molecule has 1 aliphatic heterocycles. The Morgan fingerprint density at radius 2 is 1.97 bits per heavy atom. The second kappa shape index (κ2) is 9.53. The zero-order valence-corrected chi connectivity index (χ0v) is 21.6. The lowest BCUT2D eigenvalue weighted by molar-refractivity contribution is 0.208. The fraction of sp³-hybridized carbons (Fsp3) is 0.519. The Morgan fingerprint density at radius 1 is 1.18 bits per heavy atom. The van der Waals surface area contributed by atoms with Crippen molar-refractivity contribution in [1.82, 2.24) is 14.9 Å². The first-order valence-corrected chi connectivity index (χ1v) is 13.4. The van der Waals surface area contributed by atoms with Crippen LogP contribution in [0.1, 0.15) is 54.1 Å². The van der Waals surface area contributed by atoms with Crippen LogP contribution in [0.2, 0.25) is 0 Å². The Balaban J connectivity index is 1.37. The van der Waals surface area contributed by atoms with Crippen LogP contribution in [0, 0.1) is 19.8 Å². The number of hydrogen-bond donors (Lipinski definition) is 1. The quantitative estimate of drug-likeness (QED) is 0.521. The number of amides is 2. The number of aryl methyl sites for hydroxylation is 3. The molecule has 0 radical (unpaired) electrons. The molecule has 0 bridgehead atoms. The van der Waals surface area contributed by atoms with Crippen LogP contribution in [-0.2, 0) is 19.3 Å². The molecule has 1 saturated heterocycles. The Labute approximate surface area is 206 Å². The van der Waals surface area contributed by atoms with E-state index in [1.54, 1.807) is 0 Å². The normalized spacial score (nSPS) is 18.3. The second-order valence-electron chi connectivity index (χ2n) is 9.90.